The van der Waals surface area contributed by atoms with E-state index in [4.69, 9.17) is 22.0 Å². The number of aromatic carboxylic acids is 1. The van der Waals surface area contributed by atoms with Gasteiger partial charge < -0.3 is 10.4 Å². The van der Waals surface area contributed by atoms with Crippen molar-refractivity contribution in [1.82, 2.24) is 4.98 Å². The molecule has 2 aromatic rings. The smallest absolute Gasteiger partial charge is 0.335 e. The lowest BCUT2D eigenvalue weighted by molar-refractivity contribution is 0.0696. The molecule has 21 heavy (non-hydrogen) atoms. The predicted molar refractivity (Wildman–Crippen MR) is 80.0 cm³/mol. The van der Waals surface area contributed by atoms with Crippen molar-refractivity contribution < 1.29 is 9.90 Å². The number of aromatic nitrogens is 1. The van der Waals surface area contributed by atoms with Crippen LogP contribution < -0.4 is 5.32 Å². The Morgan fingerprint density at radius 2 is 2.19 bits per heavy atom. The summed E-state index contributed by atoms with van der Waals surface area (Å²) in [5.74, 6) is -0.612. The number of hydrogen-bond acceptors (Lipinski definition) is 4. The van der Waals surface area contributed by atoms with Crippen molar-refractivity contribution in [2.75, 3.05) is 5.32 Å². The van der Waals surface area contributed by atoms with Gasteiger partial charge in [0.2, 0.25) is 0 Å². The third-order valence-electron chi connectivity index (χ3n) is 2.85. The zero-order valence-corrected chi connectivity index (χ0v) is 12.0. The van der Waals surface area contributed by atoms with Crippen molar-refractivity contribution in [3.8, 4) is 6.07 Å². The molecule has 106 valence electrons. The molecule has 0 aliphatic carbocycles. The molecule has 0 saturated carbocycles. The molecule has 1 aromatic carbocycles. The van der Waals surface area contributed by atoms with Gasteiger partial charge in [-0.15, -0.1) is 0 Å². The molecule has 0 amide bonds. The molecule has 2 N–H and O–H groups in total. The SMILES string of the molecule is CCc1cc(C(=O)O)cc(Nc2ccc(C#N)cc2Cl)n1. The quantitative estimate of drug-likeness (QED) is 0.901. The van der Waals surface area contributed by atoms with E-state index in [1.54, 1.807) is 12.1 Å². The number of halogens is 1. The Balaban J connectivity index is 2.37. The molecule has 0 atom stereocenters. The van der Waals surface area contributed by atoms with Crippen LogP contribution in [-0.4, -0.2) is 16.1 Å². The summed E-state index contributed by atoms with van der Waals surface area (Å²) in [6.07, 6.45) is 0.622. The van der Waals surface area contributed by atoms with Gasteiger partial charge in [0.15, 0.2) is 0 Å². The number of nitriles is 1. The number of carboxylic acids is 1. The van der Waals surface area contributed by atoms with E-state index < -0.39 is 5.97 Å². The first kappa shape index (κ1) is 14.8. The van der Waals surface area contributed by atoms with E-state index in [0.29, 0.717) is 34.2 Å². The fourth-order valence-corrected chi connectivity index (χ4v) is 2.01. The average Bonchev–Trinajstić information content (AvgIpc) is 2.48. The summed E-state index contributed by atoms with van der Waals surface area (Å²) >= 11 is 6.08. The summed E-state index contributed by atoms with van der Waals surface area (Å²) in [6, 6.07) is 9.78. The topological polar surface area (TPSA) is 86.0 Å². The van der Waals surface area contributed by atoms with Crippen molar-refractivity contribution >= 4 is 29.1 Å². The minimum Gasteiger partial charge on any atom is -0.478 e. The van der Waals surface area contributed by atoms with Crippen LogP contribution in [0.4, 0.5) is 11.5 Å². The van der Waals surface area contributed by atoms with Gasteiger partial charge >= 0.3 is 5.97 Å². The molecule has 0 aliphatic heterocycles. The van der Waals surface area contributed by atoms with E-state index in [1.807, 2.05) is 13.0 Å². The Kier molecular flexibility index (Phi) is 4.41. The van der Waals surface area contributed by atoms with Crippen LogP contribution in [0.3, 0.4) is 0 Å². The number of pyridine rings is 1. The minimum atomic E-state index is -1.01. The van der Waals surface area contributed by atoms with E-state index in [9.17, 15) is 4.79 Å². The van der Waals surface area contributed by atoms with Gasteiger partial charge in [0, 0.05) is 5.69 Å². The van der Waals surface area contributed by atoms with Gasteiger partial charge in [0.25, 0.3) is 0 Å². The van der Waals surface area contributed by atoms with Gasteiger partial charge in [0.05, 0.1) is 27.9 Å². The molecule has 0 spiro atoms. The van der Waals surface area contributed by atoms with Crippen molar-refractivity contribution in [1.29, 1.82) is 5.26 Å². The van der Waals surface area contributed by atoms with Gasteiger partial charge in [0.1, 0.15) is 5.82 Å². The van der Waals surface area contributed by atoms with Crippen LogP contribution in [0.5, 0.6) is 0 Å². The molecular weight excluding hydrogens is 290 g/mol. The summed E-state index contributed by atoms with van der Waals surface area (Å²) < 4.78 is 0. The van der Waals surface area contributed by atoms with Gasteiger partial charge in [-0.1, -0.05) is 18.5 Å². The first-order chi connectivity index (χ1) is 10.0. The predicted octanol–water partition coefficient (Wildman–Crippen LogP) is 3.61. The largest absolute Gasteiger partial charge is 0.478 e. The Hall–Kier alpha value is -2.58. The number of rotatable bonds is 4. The molecule has 2 rings (SSSR count). The zero-order valence-electron chi connectivity index (χ0n) is 11.2. The summed E-state index contributed by atoms with van der Waals surface area (Å²) in [6.45, 7) is 1.90. The zero-order chi connectivity index (χ0) is 15.4. The number of hydrogen-bond donors (Lipinski definition) is 2. The highest BCUT2D eigenvalue weighted by molar-refractivity contribution is 6.33. The molecule has 0 bridgehead atoms. The average molecular weight is 302 g/mol. The number of carboxylic acid groups (broad SMARTS) is 1. The third-order valence-corrected chi connectivity index (χ3v) is 3.16. The molecule has 0 unspecified atom stereocenters. The number of carbonyl (C=O) groups is 1. The lowest BCUT2D eigenvalue weighted by Gasteiger charge is -2.10. The monoisotopic (exact) mass is 301 g/mol. The number of nitrogens with zero attached hydrogens (tertiary/aromatic N) is 2. The molecule has 1 aromatic heterocycles. The first-order valence-electron chi connectivity index (χ1n) is 6.24. The van der Waals surface area contributed by atoms with Crippen molar-refractivity contribution in [2.24, 2.45) is 0 Å². The van der Waals surface area contributed by atoms with E-state index in [0.717, 1.165) is 0 Å². The Morgan fingerprint density at radius 3 is 2.76 bits per heavy atom. The molecule has 1 heterocycles. The van der Waals surface area contributed by atoms with Crippen LogP contribution in [-0.2, 0) is 6.42 Å². The van der Waals surface area contributed by atoms with Crippen molar-refractivity contribution in [3.63, 3.8) is 0 Å². The molecular formula is C15H12ClN3O2. The second kappa shape index (κ2) is 6.25. The molecule has 5 nitrogen and oxygen atoms in total. The van der Waals surface area contributed by atoms with Crippen molar-refractivity contribution in [3.05, 3.63) is 52.2 Å². The van der Waals surface area contributed by atoms with Crippen LogP contribution >= 0.6 is 11.6 Å². The first-order valence-corrected chi connectivity index (χ1v) is 6.62. The highest BCUT2D eigenvalue weighted by Gasteiger charge is 2.09. The maximum absolute atomic E-state index is 11.1. The van der Waals surface area contributed by atoms with Crippen LogP contribution in [0.1, 0.15) is 28.5 Å². The fourth-order valence-electron chi connectivity index (χ4n) is 1.78. The minimum absolute atomic E-state index is 0.161. The molecule has 0 fully saturated rings. The second-order valence-corrected chi connectivity index (χ2v) is 4.73. The summed E-state index contributed by atoms with van der Waals surface area (Å²) in [5, 5.41) is 21.3. The molecule has 0 aliphatic rings. The van der Waals surface area contributed by atoms with Gasteiger partial charge in [-0.3, -0.25) is 0 Å². The number of benzene rings is 1. The summed E-state index contributed by atoms with van der Waals surface area (Å²) in [7, 11) is 0. The maximum Gasteiger partial charge on any atom is 0.335 e. The third kappa shape index (κ3) is 3.50. The Morgan fingerprint density at radius 1 is 1.43 bits per heavy atom. The second-order valence-electron chi connectivity index (χ2n) is 4.32. The highest BCUT2D eigenvalue weighted by Crippen LogP contribution is 2.26. The van der Waals surface area contributed by atoms with E-state index in [-0.39, 0.29) is 5.56 Å². The van der Waals surface area contributed by atoms with Gasteiger partial charge in [-0.05, 0) is 36.8 Å². The normalized spacial score (nSPS) is 9.95. The Labute approximate surface area is 126 Å². The van der Waals surface area contributed by atoms with Crippen molar-refractivity contribution in [2.45, 2.75) is 13.3 Å². The van der Waals surface area contributed by atoms with Crippen LogP contribution in [0, 0.1) is 11.3 Å². The van der Waals surface area contributed by atoms with E-state index in [2.05, 4.69) is 10.3 Å². The summed E-state index contributed by atoms with van der Waals surface area (Å²) in [5.41, 5.74) is 1.84. The Bertz CT molecular complexity index is 738. The highest BCUT2D eigenvalue weighted by atomic mass is 35.5. The van der Waals surface area contributed by atoms with E-state index >= 15 is 0 Å². The van der Waals surface area contributed by atoms with Crippen LogP contribution in [0.25, 0.3) is 0 Å². The molecule has 0 saturated heterocycles. The number of anilines is 2. The fraction of sp³-hybridized carbons (Fsp3) is 0.133. The lowest BCUT2D eigenvalue weighted by atomic mass is 10.2. The number of nitrogens with one attached hydrogen (secondary N) is 1. The van der Waals surface area contributed by atoms with Gasteiger partial charge in [-0.2, -0.15) is 5.26 Å². The van der Waals surface area contributed by atoms with Crippen LogP contribution in [0.15, 0.2) is 30.3 Å². The number of aryl methyl sites for hydroxylation is 1. The standard InChI is InChI=1S/C15H12ClN3O2/c1-2-11-6-10(15(20)21)7-14(18-11)19-13-4-3-9(8-17)5-12(13)16/h3-7H,2H2,1H3,(H,18,19)(H,20,21). The van der Waals surface area contributed by atoms with Crippen LogP contribution in [0.2, 0.25) is 5.02 Å². The van der Waals surface area contributed by atoms with E-state index in [1.165, 1.54) is 18.2 Å². The van der Waals surface area contributed by atoms with Gasteiger partial charge in [-0.25, -0.2) is 9.78 Å². The molecule has 0 radical (unpaired) electrons. The molecule has 6 heteroatoms. The summed E-state index contributed by atoms with van der Waals surface area (Å²) in [4.78, 5) is 15.4. The maximum atomic E-state index is 11.1. The lowest BCUT2D eigenvalue weighted by Crippen LogP contribution is -2.03.